The Kier molecular flexibility index (Phi) is 6.83. The van der Waals surface area contributed by atoms with Crippen LogP contribution in [0.1, 0.15) is 35.0 Å². The number of halogens is 2. The predicted octanol–water partition coefficient (Wildman–Crippen LogP) is 4.84. The smallest absolute Gasteiger partial charge is 0.434 e. The molecule has 2 aromatic rings. The van der Waals surface area contributed by atoms with E-state index in [0.29, 0.717) is 17.1 Å². The maximum Gasteiger partial charge on any atom is 0.515 e. The Labute approximate surface area is 161 Å². The van der Waals surface area contributed by atoms with E-state index in [4.69, 9.17) is 32.7 Å². The molecule has 0 N–H and O–H groups in total. The first kappa shape index (κ1) is 20.0. The highest BCUT2D eigenvalue weighted by Gasteiger charge is 2.27. The van der Waals surface area contributed by atoms with E-state index >= 15 is 0 Å². The lowest BCUT2D eigenvalue weighted by atomic mass is 10.0. The van der Waals surface area contributed by atoms with Gasteiger partial charge in [-0.1, -0.05) is 36.2 Å². The van der Waals surface area contributed by atoms with Gasteiger partial charge in [0.25, 0.3) is 0 Å². The van der Waals surface area contributed by atoms with Crippen LogP contribution in [0.5, 0.6) is 5.88 Å². The van der Waals surface area contributed by atoms with Crippen molar-refractivity contribution >= 4 is 35.1 Å². The number of hydrogen-bond acceptors (Lipinski definition) is 5. The number of ether oxygens (including phenoxy) is 2. The lowest BCUT2D eigenvalue weighted by molar-refractivity contribution is 0.0942. The number of aryl methyl sites for hydroxylation is 1. The van der Waals surface area contributed by atoms with Crippen LogP contribution in [0.2, 0.25) is 10.0 Å². The SMILES string of the molecule is C=CCn1nc(C)c(C(=O)c2ccc(Cl)cc2Cl)c1OC(=O)OCCC. The number of nitrogens with zero attached hydrogens (tertiary/aromatic N) is 2. The van der Waals surface area contributed by atoms with E-state index in [2.05, 4.69) is 11.7 Å². The van der Waals surface area contributed by atoms with Crippen molar-refractivity contribution < 1.29 is 19.1 Å². The number of aromatic nitrogens is 2. The molecule has 0 saturated heterocycles. The Morgan fingerprint density at radius 1 is 1.35 bits per heavy atom. The van der Waals surface area contributed by atoms with Crippen molar-refractivity contribution in [2.24, 2.45) is 0 Å². The highest BCUT2D eigenvalue weighted by atomic mass is 35.5. The van der Waals surface area contributed by atoms with Gasteiger partial charge in [-0.15, -0.1) is 6.58 Å². The molecule has 0 aliphatic carbocycles. The highest BCUT2D eigenvalue weighted by molar-refractivity contribution is 6.37. The molecule has 0 radical (unpaired) electrons. The summed E-state index contributed by atoms with van der Waals surface area (Å²) < 4.78 is 11.6. The van der Waals surface area contributed by atoms with Gasteiger partial charge in [-0.2, -0.15) is 5.10 Å². The van der Waals surface area contributed by atoms with Crippen molar-refractivity contribution in [3.8, 4) is 5.88 Å². The molecule has 138 valence electrons. The van der Waals surface area contributed by atoms with Crippen LogP contribution in [-0.4, -0.2) is 28.3 Å². The van der Waals surface area contributed by atoms with Gasteiger partial charge >= 0.3 is 6.16 Å². The summed E-state index contributed by atoms with van der Waals surface area (Å²) in [6.07, 6.45) is 1.31. The number of carbonyl (C=O) groups is 2. The monoisotopic (exact) mass is 396 g/mol. The van der Waals surface area contributed by atoms with Gasteiger partial charge in [0.2, 0.25) is 11.7 Å². The van der Waals surface area contributed by atoms with E-state index in [1.165, 1.54) is 16.8 Å². The Bertz CT molecular complexity index is 846. The maximum absolute atomic E-state index is 13.0. The number of benzene rings is 1. The van der Waals surface area contributed by atoms with Gasteiger partial charge in [0.05, 0.1) is 23.9 Å². The van der Waals surface area contributed by atoms with Crippen molar-refractivity contribution in [3.05, 3.63) is 57.7 Å². The number of carbonyl (C=O) groups excluding carboxylic acids is 2. The van der Waals surface area contributed by atoms with Crippen molar-refractivity contribution in [3.63, 3.8) is 0 Å². The number of ketones is 1. The molecule has 2 rings (SSSR count). The zero-order valence-corrected chi connectivity index (χ0v) is 15.9. The van der Waals surface area contributed by atoms with Gasteiger partial charge in [0.15, 0.2) is 0 Å². The van der Waals surface area contributed by atoms with E-state index < -0.39 is 11.9 Å². The average Bonchev–Trinajstić information content (AvgIpc) is 2.88. The fourth-order valence-corrected chi connectivity index (χ4v) is 2.77. The van der Waals surface area contributed by atoms with Crippen LogP contribution in [0.15, 0.2) is 30.9 Å². The molecule has 0 aliphatic rings. The fraction of sp³-hybridized carbons (Fsp3) is 0.278. The van der Waals surface area contributed by atoms with Crippen LogP contribution in [0.4, 0.5) is 4.79 Å². The summed E-state index contributed by atoms with van der Waals surface area (Å²) in [6, 6.07) is 4.53. The molecule has 26 heavy (non-hydrogen) atoms. The van der Waals surface area contributed by atoms with Crippen LogP contribution in [0.25, 0.3) is 0 Å². The molecule has 0 aliphatic heterocycles. The molecular formula is C18H18Cl2N2O4. The van der Waals surface area contributed by atoms with Gasteiger partial charge in [-0.25, -0.2) is 9.48 Å². The van der Waals surface area contributed by atoms with Crippen LogP contribution in [0, 0.1) is 6.92 Å². The summed E-state index contributed by atoms with van der Waals surface area (Å²) in [5.41, 5.74) is 0.745. The van der Waals surface area contributed by atoms with E-state index in [1.54, 1.807) is 19.1 Å². The second-order valence-electron chi connectivity index (χ2n) is 5.39. The summed E-state index contributed by atoms with van der Waals surface area (Å²) in [7, 11) is 0. The zero-order chi connectivity index (χ0) is 19.3. The molecule has 0 saturated carbocycles. The largest absolute Gasteiger partial charge is 0.515 e. The van der Waals surface area contributed by atoms with E-state index in [-0.39, 0.29) is 35.2 Å². The second-order valence-corrected chi connectivity index (χ2v) is 6.23. The Morgan fingerprint density at radius 2 is 2.08 bits per heavy atom. The fourth-order valence-electron chi connectivity index (χ4n) is 2.27. The van der Waals surface area contributed by atoms with Crippen molar-refractivity contribution in [2.45, 2.75) is 26.8 Å². The molecule has 0 atom stereocenters. The first-order chi connectivity index (χ1) is 12.4. The van der Waals surface area contributed by atoms with Gasteiger partial charge in [0.1, 0.15) is 5.56 Å². The quantitative estimate of drug-likeness (QED) is 0.380. The van der Waals surface area contributed by atoms with Gasteiger partial charge < -0.3 is 9.47 Å². The maximum atomic E-state index is 13.0. The molecule has 6 nitrogen and oxygen atoms in total. The molecule has 1 aromatic heterocycles. The van der Waals surface area contributed by atoms with Crippen LogP contribution in [0.3, 0.4) is 0 Å². The first-order valence-electron chi connectivity index (χ1n) is 7.91. The Morgan fingerprint density at radius 3 is 2.69 bits per heavy atom. The molecule has 0 spiro atoms. The van der Waals surface area contributed by atoms with Crippen LogP contribution >= 0.6 is 23.2 Å². The van der Waals surface area contributed by atoms with E-state index in [9.17, 15) is 9.59 Å². The molecule has 0 bridgehead atoms. The van der Waals surface area contributed by atoms with Gasteiger partial charge in [-0.05, 0) is 31.5 Å². The second kappa shape index (κ2) is 8.87. The topological polar surface area (TPSA) is 70.4 Å². The Hall–Kier alpha value is -2.31. The third kappa shape index (κ3) is 4.45. The third-order valence-corrected chi connectivity index (χ3v) is 3.94. The predicted molar refractivity (Wildman–Crippen MR) is 99.3 cm³/mol. The van der Waals surface area contributed by atoms with Gasteiger partial charge in [0, 0.05) is 10.6 Å². The summed E-state index contributed by atoms with van der Waals surface area (Å²) in [6.45, 7) is 7.59. The van der Waals surface area contributed by atoms with Crippen molar-refractivity contribution in [1.29, 1.82) is 0 Å². The number of rotatable bonds is 7. The van der Waals surface area contributed by atoms with Crippen LogP contribution < -0.4 is 4.74 Å². The lowest BCUT2D eigenvalue weighted by Gasteiger charge is -2.09. The number of allylic oxidation sites excluding steroid dienone is 1. The number of hydrogen-bond donors (Lipinski definition) is 0. The summed E-state index contributed by atoms with van der Waals surface area (Å²) in [4.78, 5) is 24.9. The minimum atomic E-state index is -0.909. The van der Waals surface area contributed by atoms with Crippen molar-refractivity contribution in [1.82, 2.24) is 9.78 Å². The molecule has 1 aromatic carbocycles. The zero-order valence-electron chi connectivity index (χ0n) is 14.4. The van der Waals surface area contributed by atoms with E-state index in [0.717, 1.165) is 0 Å². The highest BCUT2D eigenvalue weighted by Crippen LogP contribution is 2.30. The summed E-state index contributed by atoms with van der Waals surface area (Å²) >= 11 is 12.0. The molecule has 0 fully saturated rings. The standard InChI is InChI=1S/C18H18Cl2N2O4/c1-4-8-22-17(26-18(24)25-9-5-2)15(11(3)21-22)16(23)13-7-6-12(19)10-14(13)20/h4,6-7,10H,1,5,8-9H2,2-3H3. The van der Waals surface area contributed by atoms with Crippen molar-refractivity contribution in [2.75, 3.05) is 6.61 Å². The minimum absolute atomic E-state index is 0.0143. The molecule has 0 unspecified atom stereocenters. The molecule has 0 amide bonds. The van der Waals surface area contributed by atoms with Crippen LogP contribution in [-0.2, 0) is 11.3 Å². The normalized spacial score (nSPS) is 10.5. The molecular weight excluding hydrogens is 379 g/mol. The van der Waals surface area contributed by atoms with E-state index in [1.807, 2.05) is 6.92 Å². The summed E-state index contributed by atoms with van der Waals surface area (Å²) in [5.74, 6) is -0.447. The summed E-state index contributed by atoms with van der Waals surface area (Å²) in [5, 5.41) is 4.85. The lowest BCUT2D eigenvalue weighted by Crippen LogP contribution is -2.16. The average molecular weight is 397 g/mol. The minimum Gasteiger partial charge on any atom is -0.434 e. The first-order valence-corrected chi connectivity index (χ1v) is 8.67. The Balaban J connectivity index is 2.47. The molecule has 1 heterocycles. The molecule has 8 heteroatoms. The van der Waals surface area contributed by atoms with Gasteiger partial charge in [-0.3, -0.25) is 4.79 Å². The third-order valence-electron chi connectivity index (χ3n) is 3.39.